The van der Waals surface area contributed by atoms with Gasteiger partial charge in [-0.1, -0.05) is 39.8 Å². The first kappa shape index (κ1) is 67.8. The van der Waals surface area contributed by atoms with E-state index < -0.39 is 6.04 Å². The Morgan fingerprint density at radius 2 is 1.16 bits per heavy atom. The van der Waals surface area contributed by atoms with Crippen LogP contribution in [0.25, 0.3) is 0 Å². The highest BCUT2D eigenvalue weighted by Crippen LogP contribution is 2.22. The lowest BCUT2D eigenvalue weighted by molar-refractivity contribution is -0.138. The van der Waals surface area contributed by atoms with Crippen LogP contribution in [-0.4, -0.2) is 211 Å². The number of nitrogens with zero attached hydrogens (tertiary/aromatic N) is 1. The van der Waals surface area contributed by atoms with E-state index in [-0.39, 0.29) is 67.9 Å². The molecule has 21 heteroatoms. The van der Waals surface area contributed by atoms with Crippen LogP contribution in [-0.2, 0) is 73.3 Å². The van der Waals surface area contributed by atoms with Crippen molar-refractivity contribution in [3.8, 4) is 0 Å². The number of nitrogens with one attached hydrogen (secondary N) is 4. The van der Waals surface area contributed by atoms with Crippen molar-refractivity contribution in [2.45, 2.75) is 64.9 Å². The minimum Gasteiger partial charge on any atom is -0.392 e. The van der Waals surface area contributed by atoms with Gasteiger partial charge in [-0.05, 0) is 44.0 Å². The molecule has 0 bridgehead atoms. The first-order chi connectivity index (χ1) is 32.6. The first-order valence-electron chi connectivity index (χ1n) is 22.9. The molecule has 1 aromatic rings. The number of carbonyl (C=O) groups excluding carboxylic acids is 6. The van der Waals surface area contributed by atoms with E-state index in [1.165, 1.54) is 16.7 Å². The summed E-state index contributed by atoms with van der Waals surface area (Å²) in [6.07, 6.45) is 4.82. The highest BCUT2D eigenvalue weighted by Gasteiger charge is 2.37. The maximum atomic E-state index is 11.7. The summed E-state index contributed by atoms with van der Waals surface area (Å²) in [5.41, 5.74) is 2.01. The summed E-state index contributed by atoms with van der Waals surface area (Å²) in [5.74, 6) is -0.445. The van der Waals surface area contributed by atoms with Crippen molar-refractivity contribution in [1.82, 2.24) is 20.9 Å². The molecule has 2 atom stereocenters. The molecule has 1 heterocycles. The van der Waals surface area contributed by atoms with Crippen molar-refractivity contribution in [2.24, 2.45) is 5.92 Å². The molecule has 1 aliphatic rings. The number of rotatable bonds is 38. The maximum Gasteiger partial charge on any atom is 0.242 e. The standard InChI is InChI=1S/C25H50N2O10.C8H11NO3S.C8H11NO.C3H7NO.C2H6/c1-23(2)24(22-28)27-25(29)4-6-30-8-10-32-12-14-34-16-18-36-20-21-37-19-17-35-15-13-33-11-9-31-7-5-26-3;1-13-6-5-7(11)9(8(6)12)3-2-4-10;1-9-8-4-2-7(6-10)3-5-8;1-4-2-3-5;1-2/h22-24,26H,4-21H2,1-3H3,(H,27,29);4,6H,2-3,5H2,1H3;2-5,9-10H,6H2,1H3;3-4H,2H2,1H3;1-2H3. The second-order valence-corrected chi connectivity index (χ2v) is 14.9. The van der Waals surface area contributed by atoms with Crippen LogP contribution in [0.2, 0.25) is 0 Å². The topological polar surface area (TPSA) is 248 Å². The van der Waals surface area contributed by atoms with Crippen molar-refractivity contribution >= 4 is 54.0 Å². The van der Waals surface area contributed by atoms with E-state index in [2.05, 4.69) is 21.3 Å². The molecule has 2 unspecified atom stereocenters. The summed E-state index contributed by atoms with van der Waals surface area (Å²) >= 11 is 1.38. The Morgan fingerprint density at radius 1 is 0.716 bits per heavy atom. The van der Waals surface area contributed by atoms with E-state index in [0.717, 1.165) is 30.4 Å². The van der Waals surface area contributed by atoms with Gasteiger partial charge in [0.05, 0.1) is 130 Å². The molecular weight excluding hydrogens is 895 g/mol. The maximum absolute atomic E-state index is 11.7. The minimum absolute atomic E-state index is 0.0655. The average Bonchev–Trinajstić information content (AvgIpc) is 3.63. The normalized spacial score (nSPS) is 13.2. The lowest BCUT2D eigenvalue weighted by Crippen LogP contribution is -2.40. The molecule has 1 saturated heterocycles. The summed E-state index contributed by atoms with van der Waals surface area (Å²) in [4.78, 5) is 65.9. The Labute approximate surface area is 404 Å². The Morgan fingerprint density at radius 3 is 1.48 bits per heavy atom. The van der Waals surface area contributed by atoms with Gasteiger partial charge in [-0.25, -0.2) is 0 Å². The third-order valence-corrected chi connectivity index (χ3v) is 9.37. The molecule has 1 aliphatic heterocycles. The minimum atomic E-state index is -0.458. The monoisotopic (exact) mass is 980 g/mol. The molecule has 0 aromatic heterocycles. The SMILES string of the molecule is CC.CNCC=O.CNCCOCCOCCOCCOCCOCCOCCOCCOCCC(=O)NC(C=O)C(C)C.CNc1ccc(CO)cc1.CSC1CC(=O)N(CCC=O)C1=O. The van der Waals surface area contributed by atoms with Crippen LogP contribution >= 0.6 is 11.8 Å². The molecular formula is C46H85N5O15S. The molecule has 0 saturated carbocycles. The number of hydrogen-bond donors (Lipinski definition) is 5. The molecule has 0 spiro atoms. The number of anilines is 1. The van der Waals surface area contributed by atoms with Gasteiger partial charge in [0, 0.05) is 45.1 Å². The smallest absolute Gasteiger partial charge is 0.242 e. The van der Waals surface area contributed by atoms with E-state index in [1.807, 2.05) is 66.1 Å². The lowest BCUT2D eigenvalue weighted by Gasteiger charge is -2.16. The molecule has 1 fully saturated rings. The second kappa shape index (κ2) is 53.5. The zero-order valence-electron chi connectivity index (χ0n) is 41.6. The zero-order valence-corrected chi connectivity index (χ0v) is 42.4. The molecule has 1 aromatic carbocycles. The lowest BCUT2D eigenvalue weighted by atomic mass is 10.1. The van der Waals surface area contributed by atoms with Gasteiger partial charge < -0.3 is 78.7 Å². The van der Waals surface area contributed by atoms with Crippen molar-refractivity contribution in [1.29, 1.82) is 0 Å². The van der Waals surface area contributed by atoms with Crippen LogP contribution in [0.5, 0.6) is 0 Å². The van der Waals surface area contributed by atoms with Crippen LogP contribution in [0.3, 0.4) is 0 Å². The van der Waals surface area contributed by atoms with Gasteiger partial charge in [-0.2, -0.15) is 11.8 Å². The molecule has 20 nitrogen and oxygen atoms in total. The van der Waals surface area contributed by atoms with Gasteiger partial charge in [0.2, 0.25) is 17.7 Å². The quantitative estimate of drug-likeness (QED) is 0.0360. The van der Waals surface area contributed by atoms with Crippen LogP contribution < -0.4 is 21.3 Å². The van der Waals surface area contributed by atoms with E-state index in [0.29, 0.717) is 112 Å². The van der Waals surface area contributed by atoms with E-state index >= 15 is 0 Å². The molecule has 67 heavy (non-hydrogen) atoms. The number of aldehydes is 3. The number of carbonyl (C=O) groups is 6. The van der Waals surface area contributed by atoms with E-state index in [1.54, 1.807) is 13.3 Å². The number of benzene rings is 1. The van der Waals surface area contributed by atoms with E-state index in [4.69, 9.17) is 43.0 Å². The highest BCUT2D eigenvalue weighted by atomic mass is 32.2. The molecule has 3 amide bonds. The van der Waals surface area contributed by atoms with Crippen molar-refractivity contribution in [3.05, 3.63) is 29.8 Å². The number of aliphatic hydroxyl groups is 1. The van der Waals surface area contributed by atoms with Crippen LogP contribution in [0.15, 0.2) is 24.3 Å². The Bertz CT molecular complexity index is 1280. The largest absolute Gasteiger partial charge is 0.392 e. The number of aliphatic hydroxyl groups excluding tert-OH is 1. The van der Waals surface area contributed by atoms with Gasteiger partial charge in [0.25, 0.3) is 0 Å². The van der Waals surface area contributed by atoms with Crippen molar-refractivity contribution in [3.63, 3.8) is 0 Å². The number of likely N-dealkylation sites (tertiary alicyclic amines) is 1. The van der Waals surface area contributed by atoms with Crippen molar-refractivity contribution in [2.75, 3.05) is 158 Å². The van der Waals surface area contributed by atoms with Crippen LogP contribution in [0, 0.1) is 5.92 Å². The van der Waals surface area contributed by atoms with Gasteiger partial charge in [0.15, 0.2) is 0 Å². The summed E-state index contributed by atoms with van der Waals surface area (Å²) in [6.45, 7) is 17.4. The molecule has 390 valence electrons. The number of likely N-dealkylation sites (N-methyl/N-ethyl adjacent to an activating group) is 2. The molecule has 0 radical (unpaired) electrons. The predicted octanol–water partition coefficient (Wildman–Crippen LogP) is 1.79. The number of imide groups is 1. The van der Waals surface area contributed by atoms with Gasteiger partial charge in [-0.15, -0.1) is 0 Å². The Kier molecular flexibility index (Phi) is 54.2. The van der Waals surface area contributed by atoms with Crippen LogP contribution in [0.4, 0.5) is 5.69 Å². The summed E-state index contributed by atoms with van der Waals surface area (Å²) < 4.78 is 43.2. The third kappa shape index (κ3) is 43.6. The predicted molar refractivity (Wildman–Crippen MR) is 260 cm³/mol. The molecule has 2 rings (SSSR count). The first-order valence-corrected chi connectivity index (χ1v) is 24.2. The Balaban J connectivity index is -0.00000109. The average molecular weight is 980 g/mol. The zero-order chi connectivity index (χ0) is 50.6. The summed E-state index contributed by atoms with van der Waals surface area (Å²) in [5, 5.41) is 19.8. The van der Waals surface area contributed by atoms with Gasteiger partial charge >= 0.3 is 0 Å². The van der Waals surface area contributed by atoms with Crippen molar-refractivity contribution < 1.29 is 71.8 Å². The number of thioether (sulfide) groups is 1. The fourth-order valence-electron chi connectivity index (χ4n) is 4.71. The fraction of sp³-hybridized carbons (Fsp3) is 0.739. The number of amides is 3. The molecule has 0 aliphatic carbocycles. The third-order valence-electron chi connectivity index (χ3n) is 8.44. The molecule has 5 N–H and O–H groups in total. The second-order valence-electron chi connectivity index (χ2n) is 13.8. The summed E-state index contributed by atoms with van der Waals surface area (Å²) in [7, 11) is 5.49. The Hall–Kier alpha value is -3.45. The number of ether oxygens (including phenoxy) is 8. The number of hydrogen-bond acceptors (Lipinski definition) is 19. The van der Waals surface area contributed by atoms with Gasteiger partial charge in [-0.3, -0.25) is 19.3 Å². The van der Waals surface area contributed by atoms with Gasteiger partial charge in [0.1, 0.15) is 18.9 Å². The summed E-state index contributed by atoms with van der Waals surface area (Å²) in [6, 6.07) is 7.20. The van der Waals surface area contributed by atoms with Crippen LogP contribution in [0.1, 0.15) is 52.5 Å². The fourth-order valence-corrected chi connectivity index (χ4v) is 5.35. The van der Waals surface area contributed by atoms with E-state index in [9.17, 15) is 28.8 Å². The highest BCUT2D eigenvalue weighted by molar-refractivity contribution is 8.00.